The van der Waals surface area contributed by atoms with E-state index in [1.54, 1.807) is 0 Å². The molecule has 4 N–H and O–H groups in total. The topological polar surface area (TPSA) is 129 Å². The minimum atomic E-state index is -1.11. The van der Waals surface area contributed by atoms with Crippen LogP contribution in [0.15, 0.2) is 23.0 Å². The lowest BCUT2D eigenvalue weighted by Crippen LogP contribution is -2.25. The number of ether oxygens (including phenoxy) is 2. The number of carbonyl (C=O) groups is 3. The van der Waals surface area contributed by atoms with Gasteiger partial charge in [-0.1, -0.05) is 92.1 Å². The molecule has 0 spiro atoms. The highest BCUT2D eigenvalue weighted by molar-refractivity contribution is 6.24. The fourth-order valence-corrected chi connectivity index (χ4v) is 10.7. The van der Waals surface area contributed by atoms with Gasteiger partial charge in [-0.25, -0.2) is 0 Å². The number of methoxy groups -OCH3 is 1. The Hall–Kier alpha value is -4.53. The van der Waals surface area contributed by atoms with Crippen molar-refractivity contribution in [3.63, 3.8) is 0 Å². The summed E-state index contributed by atoms with van der Waals surface area (Å²) in [4.78, 5) is 52.8. The first-order chi connectivity index (χ1) is 29.7. The fraction of sp³-hybridized carbons (Fsp3) is 0.604. The second-order valence-corrected chi connectivity index (χ2v) is 19.1. The van der Waals surface area contributed by atoms with Gasteiger partial charge in [-0.2, -0.15) is 0 Å². The second kappa shape index (κ2) is 20.8. The maximum Gasteiger partial charge on any atom is 0.321 e. The predicted octanol–water partition coefficient (Wildman–Crippen LogP) is 11.9. The number of carbonyl (C=O) groups excluding carboxylic acids is 3. The van der Waals surface area contributed by atoms with Gasteiger partial charge >= 0.3 is 11.9 Å². The summed E-state index contributed by atoms with van der Waals surface area (Å²) in [5.41, 5.74) is 16.4. The lowest BCUT2D eigenvalue weighted by molar-refractivity contribution is -0.143. The van der Waals surface area contributed by atoms with Crippen molar-refractivity contribution < 1.29 is 23.9 Å². The lowest BCUT2D eigenvalue weighted by atomic mass is 9.85. The lowest BCUT2D eigenvalue weighted by Gasteiger charge is -2.19. The Kier molecular flexibility index (Phi) is 15.7. The smallest absolute Gasteiger partial charge is 0.321 e. The molecule has 2 aliphatic heterocycles. The van der Waals surface area contributed by atoms with Crippen LogP contribution >= 0.6 is 0 Å². The van der Waals surface area contributed by atoms with Crippen LogP contribution in [0.5, 0.6) is 0 Å². The molecule has 1 aliphatic carbocycles. The summed E-state index contributed by atoms with van der Waals surface area (Å²) in [6, 6.07) is 0. The molecule has 9 heteroatoms. The SMILES string of the molecule is CCCC[C@@H](C)CCC[C@@H](C)CCC/C(C)=C/COC(=O)CC[C@@H]1/C2=C3/c4[nH]c(c(C)c4C(=O)[C@@H]3C(=O)OC)Cc3[nH]c(c(C)c3CC)Cc3[nH]c(c(C)c3CC)/C=C(\N2)[C@H]1C. The zero-order chi connectivity index (χ0) is 44.8. The zero-order valence-corrected chi connectivity index (χ0v) is 39.9. The summed E-state index contributed by atoms with van der Waals surface area (Å²) in [7, 11) is 1.34. The van der Waals surface area contributed by atoms with Crippen LogP contribution in [0.4, 0.5) is 0 Å². The van der Waals surface area contributed by atoms with E-state index in [1.807, 2.05) is 6.92 Å². The number of allylic oxidation sites excluding steroid dienone is 3. The number of ketones is 1. The van der Waals surface area contributed by atoms with Crippen LogP contribution in [-0.4, -0.2) is 46.4 Å². The molecule has 5 atom stereocenters. The van der Waals surface area contributed by atoms with E-state index in [9.17, 15) is 14.4 Å². The Morgan fingerprint density at radius 3 is 2.11 bits per heavy atom. The van der Waals surface area contributed by atoms with Crippen molar-refractivity contribution in [2.75, 3.05) is 13.7 Å². The number of unbranched alkanes of at least 4 members (excludes halogenated alkanes) is 1. The highest BCUT2D eigenvalue weighted by Crippen LogP contribution is 2.48. The largest absolute Gasteiger partial charge is 0.468 e. The zero-order valence-electron chi connectivity index (χ0n) is 39.9. The van der Waals surface area contributed by atoms with Gasteiger partial charge in [0.1, 0.15) is 12.5 Å². The molecule has 3 aromatic heterocycles. The molecule has 338 valence electrons. The molecule has 0 unspecified atom stereocenters. The molecule has 0 saturated carbocycles. The van der Waals surface area contributed by atoms with Crippen molar-refractivity contribution in [2.45, 2.75) is 166 Å². The Bertz CT molecular complexity index is 2210. The van der Waals surface area contributed by atoms with Crippen molar-refractivity contribution in [3.05, 3.63) is 90.6 Å². The Morgan fingerprint density at radius 2 is 1.45 bits per heavy atom. The number of fused-ring (bicyclic) bond motifs is 7. The maximum atomic E-state index is 14.4. The number of esters is 2. The van der Waals surface area contributed by atoms with E-state index >= 15 is 0 Å². The monoisotopic (exact) mass is 849 g/mol. The average Bonchev–Trinajstić information content (AvgIpc) is 3.99. The molecule has 3 aromatic rings. The number of H-pyrrole nitrogens is 3. The van der Waals surface area contributed by atoms with Gasteiger partial charge in [0, 0.05) is 82.1 Å². The fourth-order valence-electron chi connectivity index (χ4n) is 10.7. The molecule has 5 heterocycles. The molecule has 0 radical (unpaired) electrons. The van der Waals surface area contributed by atoms with E-state index in [1.165, 1.54) is 91.3 Å². The number of aromatic amines is 3. The van der Waals surface area contributed by atoms with Crippen LogP contribution in [0.1, 0.15) is 191 Å². The Labute approximate surface area is 371 Å². The van der Waals surface area contributed by atoms with Gasteiger partial charge in [-0.3, -0.25) is 14.4 Å². The molecule has 1 fully saturated rings. The maximum absolute atomic E-state index is 14.4. The second-order valence-electron chi connectivity index (χ2n) is 19.1. The highest BCUT2D eigenvalue weighted by Gasteiger charge is 2.48. The average molecular weight is 849 g/mol. The van der Waals surface area contributed by atoms with Gasteiger partial charge in [-0.05, 0) is 112 Å². The predicted molar refractivity (Wildman–Crippen MR) is 251 cm³/mol. The number of rotatable bonds is 19. The minimum absolute atomic E-state index is 0.0425. The van der Waals surface area contributed by atoms with Crippen molar-refractivity contribution in [3.8, 4) is 0 Å². The van der Waals surface area contributed by atoms with E-state index in [2.05, 4.69) is 94.7 Å². The number of Topliss-reactive ketones (excluding diaryl/α,β-unsaturated/α-hetero) is 1. The van der Waals surface area contributed by atoms with Crippen LogP contribution in [0.3, 0.4) is 0 Å². The molecule has 3 aliphatic rings. The van der Waals surface area contributed by atoms with Gasteiger partial charge in [0.2, 0.25) is 0 Å². The molecule has 0 aromatic carbocycles. The quantitative estimate of drug-likeness (QED) is 0.0540. The standard InChI is InChI=1S/C53H76N4O5/c1-12-15-18-30(4)19-16-20-31(5)21-17-22-32(6)25-26-62-46(58)24-23-39-35(9)42-27-40-33(7)37(13-2)44(54-40)28-41-34(8)38(14-3)45(55-41)29-43-36(10)47-51(57-43)48(50(39)56-42)49(52(47)59)53(60)61-11/h25,27,30-31,35,39,49,54-57H,12-24,26,28-29H2,1-11H3/b32-25+,42-27-,50-48-/t30-,31-,35+,39+,49-/m1/s1. The first-order valence-electron chi connectivity index (χ1n) is 24.0. The molecule has 0 amide bonds. The summed E-state index contributed by atoms with van der Waals surface area (Å²) >= 11 is 0. The molecule has 1 saturated heterocycles. The van der Waals surface area contributed by atoms with Crippen molar-refractivity contribution >= 4 is 29.4 Å². The van der Waals surface area contributed by atoms with E-state index in [-0.39, 0.29) is 36.6 Å². The third-order valence-electron chi connectivity index (χ3n) is 14.7. The first kappa shape index (κ1) is 47.0. The number of hydrogen-bond donors (Lipinski definition) is 4. The van der Waals surface area contributed by atoms with Crippen LogP contribution < -0.4 is 5.32 Å². The summed E-state index contributed by atoms with van der Waals surface area (Å²) in [6.07, 6.45) is 19.4. The third kappa shape index (κ3) is 9.97. The normalized spacial score (nSPS) is 21.5. The first-order valence-corrected chi connectivity index (χ1v) is 24.0. The summed E-state index contributed by atoms with van der Waals surface area (Å²) in [6.45, 7) is 22.4. The van der Waals surface area contributed by atoms with Crippen molar-refractivity contribution in [1.29, 1.82) is 0 Å². The summed E-state index contributed by atoms with van der Waals surface area (Å²) < 4.78 is 11.1. The molecular formula is C53H76N4O5. The molecular weight excluding hydrogens is 773 g/mol. The van der Waals surface area contributed by atoms with E-state index in [4.69, 9.17) is 9.47 Å². The molecule has 6 rings (SSSR count). The van der Waals surface area contributed by atoms with Crippen LogP contribution in [0.25, 0.3) is 11.6 Å². The van der Waals surface area contributed by atoms with E-state index in [0.29, 0.717) is 29.7 Å². The third-order valence-corrected chi connectivity index (χ3v) is 14.7. The van der Waals surface area contributed by atoms with Crippen molar-refractivity contribution in [1.82, 2.24) is 20.3 Å². The van der Waals surface area contributed by atoms with Crippen LogP contribution in [0, 0.1) is 50.4 Å². The number of nitrogens with one attached hydrogen (secondary N) is 4. The Balaban J connectivity index is 1.24. The van der Waals surface area contributed by atoms with Crippen molar-refractivity contribution in [2.24, 2.45) is 29.6 Å². The van der Waals surface area contributed by atoms with E-state index < -0.39 is 11.9 Å². The van der Waals surface area contributed by atoms with Gasteiger partial charge in [0.25, 0.3) is 0 Å². The van der Waals surface area contributed by atoms with Crippen LogP contribution in [0.2, 0.25) is 0 Å². The molecule has 9 nitrogen and oxygen atoms in total. The molecule has 8 bridgehead atoms. The van der Waals surface area contributed by atoms with Gasteiger partial charge in [0.05, 0.1) is 12.8 Å². The van der Waals surface area contributed by atoms with E-state index in [0.717, 1.165) is 78.0 Å². The highest BCUT2D eigenvalue weighted by atomic mass is 16.5. The number of hydrogen-bond acceptors (Lipinski definition) is 6. The van der Waals surface area contributed by atoms with Gasteiger partial charge in [0.15, 0.2) is 5.78 Å². The number of aromatic nitrogens is 3. The molecule has 62 heavy (non-hydrogen) atoms. The Morgan fingerprint density at radius 1 is 0.823 bits per heavy atom. The van der Waals surface area contributed by atoms with Gasteiger partial charge in [-0.15, -0.1) is 0 Å². The summed E-state index contributed by atoms with van der Waals surface area (Å²) in [5.74, 6) is -0.848. The summed E-state index contributed by atoms with van der Waals surface area (Å²) in [5, 5.41) is 3.75. The van der Waals surface area contributed by atoms with Crippen LogP contribution in [-0.2, 0) is 44.7 Å². The minimum Gasteiger partial charge on any atom is -0.468 e. The van der Waals surface area contributed by atoms with Gasteiger partial charge < -0.3 is 29.7 Å².